The summed E-state index contributed by atoms with van der Waals surface area (Å²) < 4.78 is 0. The second-order valence-corrected chi connectivity index (χ2v) is 10.6. The lowest BCUT2D eigenvalue weighted by Gasteiger charge is -2.32. The van der Waals surface area contributed by atoms with Gasteiger partial charge in [-0.2, -0.15) is 0 Å². The Morgan fingerprint density at radius 2 is 1.55 bits per heavy atom. The van der Waals surface area contributed by atoms with Gasteiger partial charge < -0.3 is 0 Å². The van der Waals surface area contributed by atoms with Gasteiger partial charge in [0.25, 0.3) is 0 Å². The van der Waals surface area contributed by atoms with Crippen LogP contribution in [-0.4, -0.2) is 0 Å². The zero-order chi connectivity index (χ0) is 20.7. The first-order valence-electron chi connectivity index (χ1n) is 12.5. The number of hydrogen-bond acceptors (Lipinski definition) is 0. The molecule has 0 heteroatoms. The van der Waals surface area contributed by atoms with Crippen LogP contribution in [0.15, 0.2) is 47.1 Å². The van der Waals surface area contributed by atoms with Crippen LogP contribution in [0.4, 0.5) is 0 Å². The Labute approximate surface area is 180 Å². The second-order valence-electron chi connectivity index (χ2n) is 10.6. The van der Waals surface area contributed by atoms with Crippen molar-refractivity contribution in [2.24, 2.45) is 5.92 Å². The van der Waals surface area contributed by atoms with Gasteiger partial charge in [-0.05, 0) is 79.4 Å². The molecule has 0 spiro atoms. The molecule has 0 nitrogen and oxygen atoms in total. The molecule has 0 heterocycles. The number of unbranched alkanes of at least 4 members (excludes halogenated alkanes) is 4. The van der Waals surface area contributed by atoms with E-state index in [0.29, 0.717) is 0 Å². The van der Waals surface area contributed by atoms with Crippen molar-refractivity contribution in [1.29, 1.82) is 0 Å². The molecule has 0 amide bonds. The lowest BCUT2D eigenvalue weighted by atomic mass is 9.73. The predicted molar refractivity (Wildman–Crippen MR) is 129 cm³/mol. The van der Waals surface area contributed by atoms with Crippen molar-refractivity contribution in [3.63, 3.8) is 0 Å². The summed E-state index contributed by atoms with van der Waals surface area (Å²) in [6, 6.07) is 9.38. The molecular formula is C29H44. The molecule has 0 aliphatic heterocycles. The quantitative estimate of drug-likeness (QED) is 0.348. The van der Waals surface area contributed by atoms with Crippen LogP contribution in [0, 0.1) is 5.92 Å². The van der Waals surface area contributed by atoms with Gasteiger partial charge in [0.05, 0.1) is 0 Å². The smallest absolute Gasteiger partial charge is 0.0132 e. The van der Waals surface area contributed by atoms with E-state index in [4.69, 9.17) is 0 Å². The third-order valence-electron chi connectivity index (χ3n) is 7.20. The molecule has 0 aromatic heterocycles. The molecule has 3 rings (SSSR count). The average Bonchev–Trinajstić information content (AvgIpc) is 2.66. The minimum atomic E-state index is 0.250. The summed E-state index contributed by atoms with van der Waals surface area (Å²) in [7, 11) is 0. The predicted octanol–water partition coefficient (Wildman–Crippen LogP) is 9.09. The molecule has 0 unspecified atom stereocenters. The summed E-state index contributed by atoms with van der Waals surface area (Å²) >= 11 is 0. The van der Waals surface area contributed by atoms with E-state index in [1.165, 1.54) is 94.6 Å². The Morgan fingerprint density at radius 1 is 0.828 bits per heavy atom. The maximum Gasteiger partial charge on any atom is -0.0132 e. The van der Waals surface area contributed by atoms with Crippen molar-refractivity contribution in [3.05, 3.63) is 58.2 Å². The maximum absolute atomic E-state index is 2.65. The topological polar surface area (TPSA) is 0 Å². The Bertz CT molecular complexity index is 689. The molecule has 0 N–H and O–H groups in total. The van der Waals surface area contributed by atoms with E-state index in [-0.39, 0.29) is 5.41 Å². The third-order valence-corrected chi connectivity index (χ3v) is 7.20. The molecule has 160 valence electrons. The van der Waals surface area contributed by atoms with Gasteiger partial charge in [0.1, 0.15) is 0 Å². The van der Waals surface area contributed by atoms with Crippen LogP contribution in [0.25, 0.3) is 0 Å². The average molecular weight is 393 g/mol. The van der Waals surface area contributed by atoms with Crippen molar-refractivity contribution in [2.45, 2.75) is 117 Å². The minimum Gasteiger partial charge on any atom is -0.0693 e. The highest BCUT2D eigenvalue weighted by atomic mass is 14.3. The van der Waals surface area contributed by atoms with Crippen LogP contribution >= 0.6 is 0 Å². The van der Waals surface area contributed by atoms with Crippen LogP contribution in [-0.2, 0) is 11.8 Å². The summed E-state index contributed by atoms with van der Waals surface area (Å²) in [5.41, 5.74) is 8.49. The third kappa shape index (κ3) is 6.59. The SMILES string of the molecule is CCCCCCCC1=C(C2CCC2)C=C(CCc2ccc(C(C)(C)C)cc2)CC1. The molecule has 1 fully saturated rings. The van der Waals surface area contributed by atoms with Gasteiger partial charge in [0, 0.05) is 0 Å². The summed E-state index contributed by atoms with van der Waals surface area (Å²) in [4.78, 5) is 0. The molecule has 2 aliphatic carbocycles. The van der Waals surface area contributed by atoms with E-state index in [9.17, 15) is 0 Å². The molecule has 29 heavy (non-hydrogen) atoms. The summed E-state index contributed by atoms with van der Waals surface area (Å²) in [5.74, 6) is 0.891. The van der Waals surface area contributed by atoms with Crippen LogP contribution in [0.5, 0.6) is 0 Å². The van der Waals surface area contributed by atoms with Crippen molar-refractivity contribution in [3.8, 4) is 0 Å². The molecule has 0 radical (unpaired) electrons. The van der Waals surface area contributed by atoms with E-state index >= 15 is 0 Å². The van der Waals surface area contributed by atoms with Gasteiger partial charge in [-0.1, -0.05) is 101 Å². The minimum absolute atomic E-state index is 0.250. The number of allylic oxidation sites excluding steroid dienone is 4. The molecule has 1 aromatic rings. The lowest BCUT2D eigenvalue weighted by molar-refractivity contribution is 0.368. The van der Waals surface area contributed by atoms with Crippen LogP contribution < -0.4 is 0 Å². The molecule has 1 saturated carbocycles. The fourth-order valence-corrected chi connectivity index (χ4v) is 4.86. The van der Waals surface area contributed by atoms with Crippen LogP contribution in [0.1, 0.15) is 116 Å². The van der Waals surface area contributed by atoms with Crippen molar-refractivity contribution in [2.75, 3.05) is 0 Å². The van der Waals surface area contributed by atoms with Gasteiger partial charge in [-0.3, -0.25) is 0 Å². The first-order chi connectivity index (χ1) is 14.0. The Morgan fingerprint density at radius 3 is 2.17 bits per heavy atom. The van der Waals surface area contributed by atoms with Gasteiger partial charge in [0.15, 0.2) is 0 Å². The van der Waals surface area contributed by atoms with Crippen molar-refractivity contribution < 1.29 is 0 Å². The van der Waals surface area contributed by atoms with E-state index in [0.717, 1.165) is 5.92 Å². The zero-order valence-corrected chi connectivity index (χ0v) is 19.7. The monoisotopic (exact) mass is 392 g/mol. The fourth-order valence-electron chi connectivity index (χ4n) is 4.86. The normalized spacial score (nSPS) is 18.0. The highest BCUT2D eigenvalue weighted by Crippen LogP contribution is 2.41. The number of benzene rings is 1. The number of hydrogen-bond donors (Lipinski definition) is 0. The second kappa shape index (κ2) is 10.6. The lowest BCUT2D eigenvalue weighted by Crippen LogP contribution is -2.17. The first kappa shape index (κ1) is 22.4. The molecule has 0 saturated heterocycles. The summed E-state index contributed by atoms with van der Waals surface area (Å²) in [6.07, 6.45) is 20.5. The number of aryl methyl sites for hydroxylation is 1. The van der Waals surface area contributed by atoms with E-state index < -0.39 is 0 Å². The molecular weight excluding hydrogens is 348 g/mol. The van der Waals surface area contributed by atoms with E-state index in [1.807, 2.05) is 5.57 Å². The van der Waals surface area contributed by atoms with Crippen molar-refractivity contribution in [1.82, 2.24) is 0 Å². The summed E-state index contributed by atoms with van der Waals surface area (Å²) in [6.45, 7) is 9.20. The van der Waals surface area contributed by atoms with Crippen LogP contribution in [0.2, 0.25) is 0 Å². The zero-order valence-electron chi connectivity index (χ0n) is 19.7. The molecule has 0 atom stereocenters. The summed E-state index contributed by atoms with van der Waals surface area (Å²) in [5, 5.41) is 0. The van der Waals surface area contributed by atoms with E-state index in [2.05, 4.69) is 58.0 Å². The van der Waals surface area contributed by atoms with Crippen molar-refractivity contribution >= 4 is 0 Å². The number of rotatable bonds is 10. The highest BCUT2D eigenvalue weighted by Gasteiger charge is 2.25. The van der Waals surface area contributed by atoms with Gasteiger partial charge in [0.2, 0.25) is 0 Å². The van der Waals surface area contributed by atoms with Gasteiger partial charge in [-0.15, -0.1) is 0 Å². The Balaban J connectivity index is 1.58. The fraction of sp³-hybridized carbons (Fsp3) is 0.655. The van der Waals surface area contributed by atoms with Gasteiger partial charge >= 0.3 is 0 Å². The standard InChI is InChI=1S/C29H44/c1-5-6-7-8-9-11-26-19-16-24(22-28(26)25-12-10-13-25)15-14-23-17-20-27(21-18-23)29(2,3)4/h17-18,20-22,25H,5-16,19H2,1-4H3. The Hall–Kier alpha value is -1.30. The maximum atomic E-state index is 2.65. The Kier molecular flexibility index (Phi) is 8.22. The van der Waals surface area contributed by atoms with Gasteiger partial charge in [-0.25, -0.2) is 0 Å². The first-order valence-corrected chi connectivity index (χ1v) is 12.5. The molecule has 1 aromatic carbocycles. The largest absolute Gasteiger partial charge is 0.0693 e. The molecule has 2 aliphatic rings. The highest BCUT2D eigenvalue weighted by molar-refractivity contribution is 5.37. The molecule has 0 bridgehead atoms. The van der Waals surface area contributed by atoms with E-state index in [1.54, 1.807) is 11.1 Å². The van der Waals surface area contributed by atoms with Crippen LogP contribution in [0.3, 0.4) is 0 Å².